The van der Waals surface area contributed by atoms with Crippen LogP contribution >= 0.6 is 0 Å². The third-order valence-electron chi connectivity index (χ3n) is 5.69. The van der Waals surface area contributed by atoms with E-state index in [2.05, 4.69) is 24.2 Å². The van der Waals surface area contributed by atoms with E-state index >= 15 is 0 Å². The van der Waals surface area contributed by atoms with E-state index in [1.165, 1.54) is 38.8 Å². The largest absolute Gasteiger partial charge is 0.390 e. The second-order valence-corrected chi connectivity index (χ2v) is 7.39. The normalized spacial score (nSPS) is 40.5. The van der Waals surface area contributed by atoms with Crippen molar-refractivity contribution in [2.75, 3.05) is 26.7 Å². The van der Waals surface area contributed by atoms with E-state index in [9.17, 15) is 5.11 Å². The van der Waals surface area contributed by atoms with E-state index in [4.69, 9.17) is 0 Å². The van der Waals surface area contributed by atoms with Gasteiger partial charge in [0.2, 0.25) is 0 Å². The topological polar surface area (TPSA) is 35.5 Å². The molecule has 1 saturated heterocycles. The molecule has 2 fully saturated rings. The summed E-state index contributed by atoms with van der Waals surface area (Å²) in [6.07, 6.45) is 8.48. The molecular formula is C17H34N2O. The Bertz CT molecular complexity index is 293. The third kappa shape index (κ3) is 4.44. The highest BCUT2D eigenvalue weighted by Gasteiger charge is 2.31. The number of hydrogen-bond donors (Lipinski definition) is 2. The fourth-order valence-corrected chi connectivity index (χ4v) is 4.15. The Hall–Kier alpha value is -0.120. The molecule has 2 rings (SSSR count). The van der Waals surface area contributed by atoms with Crippen molar-refractivity contribution in [3.8, 4) is 0 Å². The predicted octanol–water partition coefficient (Wildman–Crippen LogP) is 2.64. The number of rotatable bonds is 4. The Labute approximate surface area is 125 Å². The van der Waals surface area contributed by atoms with E-state index < -0.39 is 5.60 Å². The Balaban J connectivity index is 1.89. The lowest BCUT2D eigenvalue weighted by Gasteiger charge is -2.38. The van der Waals surface area contributed by atoms with Gasteiger partial charge >= 0.3 is 0 Å². The van der Waals surface area contributed by atoms with Crippen LogP contribution in [0.4, 0.5) is 0 Å². The molecule has 0 spiro atoms. The summed E-state index contributed by atoms with van der Waals surface area (Å²) in [6.45, 7) is 7.79. The van der Waals surface area contributed by atoms with Crippen LogP contribution in [0.1, 0.15) is 58.8 Å². The van der Waals surface area contributed by atoms with Crippen LogP contribution in [0.15, 0.2) is 0 Å². The fraction of sp³-hybridized carbons (Fsp3) is 1.00. The highest BCUT2D eigenvalue weighted by Crippen LogP contribution is 2.32. The minimum atomic E-state index is -0.435. The summed E-state index contributed by atoms with van der Waals surface area (Å²) < 4.78 is 0. The summed E-state index contributed by atoms with van der Waals surface area (Å²) in [7, 11) is 2.12. The van der Waals surface area contributed by atoms with Gasteiger partial charge in [-0.3, -0.25) is 0 Å². The van der Waals surface area contributed by atoms with Crippen molar-refractivity contribution >= 4 is 0 Å². The monoisotopic (exact) mass is 282 g/mol. The molecule has 3 heteroatoms. The molecule has 1 aliphatic carbocycles. The molecule has 0 amide bonds. The first-order valence-corrected chi connectivity index (χ1v) is 8.66. The highest BCUT2D eigenvalue weighted by molar-refractivity contribution is 4.87. The van der Waals surface area contributed by atoms with E-state index in [1.54, 1.807) is 0 Å². The summed E-state index contributed by atoms with van der Waals surface area (Å²) in [4.78, 5) is 2.61. The van der Waals surface area contributed by atoms with Crippen molar-refractivity contribution in [2.45, 2.75) is 70.4 Å². The maximum Gasteiger partial charge on any atom is 0.0632 e. The van der Waals surface area contributed by atoms with E-state index in [0.717, 1.165) is 37.6 Å². The molecule has 3 nitrogen and oxygen atoms in total. The second kappa shape index (κ2) is 7.24. The van der Waals surface area contributed by atoms with Crippen LogP contribution in [0.5, 0.6) is 0 Å². The second-order valence-electron chi connectivity index (χ2n) is 7.39. The van der Waals surface area contributed by atoms with Gasteiger partial charge in [-0.15, -0.1) is 0 Å². The Morgan fingerprint density at radius 1 is 1.25 bits per heavy atom. The van der Waals surface area contributed by atoms with Gasteiger partial charge in [0.05, 0.1) is 5.60 Å². The quantitative estimate of drug-likeness (QED) is 0.832. The van der Waals surface area contributed by atoms with Crippen LogP contribution in [-0.2, 0) is 0 Å². The minimum absolute atomic E-state index is 0.435. The Morgan fingerprint density at radius 3 is 2.75 bits per heavy atom. The zero-order chi connectivity index (χ0) is 14.6. The molecule has 2 N–H and O–H groups in total. The number of nitrogens with one attached hydrogen (secondary N) is 1. The summed E-state index contributed by atoms with van der Waals surface area (Å²) in [5.41, 5.74) is -0.435. The lowest BCUT2D eigenvalue weighted by atomic mass is 9.76. The summed E-state index contributed by atoms with van der Waals surface area (Å²) >= 11 is 0. The van der Waals surface area contributed by atoms with Crippen LogP contribution < -0.4 is 5.32 Å². The number of hydrogen-bond acceptors (Lipinski definition) is 3. The van der Waals surface area contributed by atoms with Crippen LogP contribution in [0, 0.1) is 11.8 Å². The van der Waals surface area contributed by atoms with Crippen molar-refractivity contribution in [2.24, 2.45) is 11.8 Å². The first-order valence-electron chi connectivity index (χ1n) is 8.66. The maximum absolute atomic E-state index is 10.2. The van der Waals surface area contributed by atoms with Crippen LogP contribution in [0.3, 0.4) is 0 Å². The Morgan fingerprint density at radius 2 is 2.05 bits per heavy atom. The molecule has 0 aromatic heterocycles. The number of nitrogens with zero attached hydrogens (tertiary/aromatic N) is 1. The van der Waals surface area contributed by atoms with E-state index in [0.29, 0.717) is 6.04 Å². The average Bonchev–Trinajstić information content (AvgIpc) is 2.60. The molecule has 1 heterocycles. The standard InChI is InChI=1S/C17H34N2O/c1-4-14-6-7-16(18-3)15(12-14)13-19-10-5-8-17(2,20)9-11-19/h14-16,18,20H,4-13H2,1-3H3. The van der Waals surface area contributed by atoms with Crippen LogP contribution in [0.25, 0.3) is 0 Å². The van der Waals surface area contributed by atoms with Crippen molar-refractivity contribution in [1.29, 1.82) is 0 Å². The van der Waals surface area contributed by atoms with E-state index in [1.807, 2.05) is 6.92 Å². The minimum Gasteiger partial charge on any atom is -0.390 e. The molecule has 20 heavy (non-hydrogen) atoms. The first kappa shape index (κ1) is 16.3. The summed E-state index contributed by atoms with van der Waals surface area (Å²) in [6, 6.07) is 0.696. The van der Waals surface area contributed by atoms with Gasteiger partial charge in [-0.05, 0) is 70.9 Å². The zero-order valence-corrected chi connectivity index (χ0v) is 13.7. The average molecular weight is 282 g/mol. The van der Waals surface area contributed by atoms with Gasteiger partial charge in [0, 0.05) is 19.1 Å². The smallest absolute Gasteiger partial charge is 0.0632 e. The molecule has 4 atom stereocenters. The van der Waals surface area contributed by atoms with Crippen LogP contribution in [0.2, 0.25) is 0 Å². The fourth-order valence-electron chi connectivity index (χ4n) is 4.15. The molecule has 0 aromatic rings. The lowest BCUT2D eigenvalue weighted by Crippen LogP contribution is -2.45. The Kier molecular flexibility index (Phi) is 5.88. The van der Waals surface area contributed by atoms with E-state index in [-0.39, 0.29) is 0 Å². The third-order valence-corrected chi connectivity index (χ3v) is 5.69. The summed E-state index contributed by atoms with van der Waals surface area (Å²) in [5, 5.41) is 13.8. The van der Waals surface area contributed by atoms with Gasteiger partial charge in [-0.1, -0.05) is 13.3 Å². The van der Waals surface area contributed by atoms with Crippen LogP contribution in [-0.4, -0.2) is 48.3 Å². The highest BCUT2D eigenvalue weighted by atomic mass is 16.3. The molecule has 1 aliphatic heterocycles. The SMILES string of the molecule is CCC1CCC(NC)C(CN2CCCC(C)(O)CC2)C1. The molecular weight excluding hydrogens is 248 g/mol. The van der Waals surface area contributed by atoms with Crippen molar-refractivity contribution in [1.82, 2.24) is 10.2 Å². The molecule has 4 unspecified atom stereocenters. The predicted molar refractivity (Wildman–Crippen MR) is 84.9 cm³/mol. The lowest BCUT2D eigenvalue weighted by molar-refractivity contribution is 0.0432. The van der Waals surface area contributed by atoms with Gasteiger partial charge in [-0.2, -0.15) is 0 Å². The van der Waals surface area contributed by atoms with Gasteiger partial charge in [0.15, 0.2) is 0 Å². The van der Waals surface area contributed by atoms with Gasteiger partial charge in [0.25, 0.3) is 0 Å². The first-order chi connectivity index (χ1) is 9.54. The van der Waals surface area contributed by atoms with Gasteiger partial charge < -0.3 is 15.3 Å². The molecule has 0 radical (unpaired) electrons. The van der Waals surface area contributed by atoms with Crippen molar-refractivity contribution in [3.05, 3.63) is 0 Å². The van der Waals surface area contributed by atoms with Gasteiger partial charge in [-0.25, -0.2) is 0 Å². The van der Waals surface area contributed by atoms with Gasteiger partial charge in [0.1, 0.15) is 0 Å². The molecule has 1 saturated carbocycles. The zero-order valence-electron chi connectivity index (χ0n) is 13.7. The summed E-state index contributed by atoms with van der Waals surface area (Å²) in [5.74, 6) is 1.72. The van der Waals surface area contributed by atoms with Crippen molar-refractivity contribution < 1.29 is 5.11 Å². The molecule has 2 aliphatic rings. The maximum atomic E-state index is 10.2. The number of aliphatic hydroxyl groups is 1. The van der Waals surface area contributed by atoms with Crippen molar-refractivity contribution in [3.63, 3.8) is 0 Å². The molecule has 0 aromatic carbocycles. The molecule has 118 valence electrons. The molecule has 0 bridgehead atoms. The number of likely N-dealkylation sites (tertiary alicyclic amines) is 1.